The van der Waals surface area contributed by atoms with E-state index in [0.717, 1.165) is 72.5 Å². The van der Waals surface area contributed by atoms with Gasteiger partial charge in [-0.05, 0) is 55.4 Å². The molecule has 0 radical (unpaired) electrons. The Morgan fingerprint density at radius 1 is 1.17 bits per heavy atom. The highest BCUT2D eigenvalue weighted by Gasteiger charge is 2.19. The molecule has 0 atom stereocenters. The third-order valence-electron chi connectivity index (χ3n) is 6.83. The zero-order chi connectivity index (χ0) is 24.4. The normalized spacial score (nSPS) is 14.3. The van der Waals surface area contributed by atoms with Crippen molar-refractivity contribution in [2.24, 2.45) is 0 Å². The van der Waals surface area contributed by atoms with Crippen molar-refractivity contribution in [3.8, 4) is 6.07 Å². The van der Waals surface area contributed by atoms with Gasteiger partial charge in [-0.25, -0.2) is 0 Å². The van der Waals surface area contributed by atoms with Crippen LogP contribution in [0, 0.1) is 11.3 Å². The van der Waals surface area contributed by atoms with Gasteiger partial charge in [0, 0.05) is 73.4 Å². The molecule has 35 heavy (non-hydrogen) atoms. The van der Waals surface area contributed by atoms with Crippen LogP contribution in [0.4, 0.5) is 5.69 Å². The Morgan fingerprint density at radius 3 is 2.77 bits per heavy atom. The Kier molecular flexibility index (Phi) is 6.30. The van der Waals surface area contributed by atoms with E-state index in [0.29, 0.717) is 17.5 Å². The van der Waals surface area contributed by atoms with Gasteiger partial charge in [-0.2, -0.15) is 5.26 Å². The second kappa shape index (κ2) is 9.69. The van der Waals surface area contributed by atoms with Crippen LogP contribution in [0.3, 0.4) is 0 Å². The summed E-state index contributed by atoms with van der Waals surface area (Å²) < 4.78 is 5.87. The van der Waals surface area contributed by atoms with Crippen molar-refractivity contribution >= 4 is 39.0 Å². The maximum Gasteiger partial charge on any atom is 0.165 e. The monoisotopic (exact) mass is 467 g/mol. The summed E-state index contributed by atoms with van der Waals surface area (Å²) in [5, 5.41) is 14.1. The standard InChI is InChI=1S/C28H29N5O2/c1-19(30-2)28-16-21-15-22(6-8-27(21)35-28)33-12-10-32(11-13-33)9-3-4-26(34)24-18-31-25-7-5-20(17-29)14-23(24)25/h5-8,14-16,18,30-31H,1,3-4,9-13H2,2H3. The molecule has 2 aromatic carbocycles. The molecule has 2 N–H and O–H groups in total. The topological polar surface area (TPSA) is 88.3 Å². The van der Waals surface area contributed by atoms with Gasteiger partial charge in [-0.3, -0.25) is 9.69 Å². The number of hydrogen-bond donors (Lipinski definition) is 2. The van der Waals surface area contributed by atoms with Gasteiger partial charge in [-0.15, -0.1) is 0 Å². The van der Waals surface area contributed by atoms with E-state index in [4.69, 9.17) is 9.68 Å². The summed E-state index contributed by atoms with van der Waals surface area (Å²) >= 11 is 0. The number of fused-ring (bicyclic) bond motifs is 2. The number of piperazine rings is 1. The van der Waals surface area contributed by atoms with Crippen LogP contribution in [0.25, 0.3) is 27.6 Å². The number of ketones is 1. The maximum absolute atomic E-state index is 12.8. The van der Waals surface area contributed by atoms with Gasteiger partial charge in [0.1, 0.15) is 5.58 Å². The SMILES string of the molecule is C=C(NC)c1cc2cc(N3CCN(CCCC(=O)c4c[nH]c5ccc(C#N)cc45)CC3)ccc2o1. The molecule has 1 saturated heterocycles. The fourth-order valence-electron chi connectivity index (χ4n) is 4.75. The Hall–Kier alpha value is -4.02. The molecule has 0 unspecified atom stereocenters. The predicted molar refractivity (Wildman–Crippen MR) is 140 cm³/mol. The molecule has 0 aliphatic carbocycles. The molecule has 1 fully saturated rings. The fraction of sp³-hybridized carbons (Fsp3) is 0.286. The highest BCUT2D eigenvalue weighted by Crippen LogP contribution is 2.28. The number of nitriles is 1. The van der Waals surface area contributed by atoms with Crippen molar-refractivity contribution in [1.29, 1.82) is 5.26 Å². The van der Waals surface area contributed by atoms with Crippen LogP contribution in [-0.2, 0) is 0 Å². The van der Waals surface area contributed by atoms with Crippen LogP contribution in [0.1, 0.15) is 34.5 Å². The Labute approximate surface area is 204 Å². The van der Waals surface area contributed by atoms with Crippen LogP contribution in [0.2, 0.25) is 0 Å². The zero-order valence-electron chi connectivity index (χ0n) is 19.9. The number of benzene rings is 2. The first-order chi connectivity index (χ1) is 17.1. The summed E-state index contributed by atoms with van der Waals surface area (Å²) in [6.45, 7) is 8.72. The molecule has 0 amide bonds. The van der Waals surface area contributed by atoms with Gasteiger partial charge in [-0.1, -0.05) is 6.58 Å². The van der Waals surface area contributed by atoms with Gasteiger partial charge in [0.25, 0.3) is 0 Å². The third-order valence-corrected chi connectivity index (χ3v) is 6.83. The lowest BCUT2D eigenvalue weighted by Gasteiger charge is -2.36. The Bertz CT molecular complexity index is 1430. The quantitative estimate of drug-likeness (QED) is 0.363. The lowest BCUT2D eigenvalue weighted by atomic mass is 10.0. The summed E-state index contributed by atoms with van der Waals surface area (Å²) in [7, 11) is 1.84. The highest BCUT2D eigenvalue weighted by molar-refractivity contribution is 6.08. The number of aromatic amines is 1. The first-order valence-corrected chi connectivity index (χ1v) is 12.0. The van der Waals surface area contributed by atoms with E-state index in [-0.39, 0.29) is 5.78 Å². The van der Waals surface area contributed by atoms with Crippen molar-refractivity contribution < 1.29 is 9.21 Å². The summed E-state index contributed by atoms with van der Waals surface area (Å²) in [5.41, 5.74) is 4.97. The number of nitrogens with zero attached hydrogens (tertiary/aromatic N) is 3. The Balaban J connectivity index is 1.13. The molecule has 0 spiro atoms. The molecule has 1 aliphatic heterocycles. The van der Waals surface area contributed by atoms with E-state index >= 15 is 0 Å². The minimum Gasteiger partial charge on any atom is -0.455 e. The number of hydrogen-bond acceptors (Lipinski definition) is 6. The second-order valence-corrected chi connectivity index (χ2v) is 8.99. The van der Waals surface area contributed by atoms with E-state index < -0.39 is 0 Å². The zero-order valence-corrected chi connectivity index (χ0v) is 19.9. The third kappa shape index (κ3) is 4.66. The van der Waals surface area contributed by atoms with Crippen LogP contribution in [0.5, 0.6) is 0 Å². The average Bonchev–Trinajstić information content (AvgIpc) is 3.52. The number of carbonyl (C=O) groups excluding carboxylic acids is 1. The number of H-pyrrole nitrogens is 1. The average molecular weight is 468 g/mol. The number of anilines is 1. The second-order valence-electron chi connectivity index (χ2n) is 8.99. The Morgan fingerprint density at radius 2 is 2.00 bits per heavy atom. The predicted octanol–water partition coefficient (Wildman–Crippen LogP) is 4.76. The lowest BCUT2D eigenvalue weighted by molar-refractivity contribution is 0.0976. The van der Waals surface area contributed by atoms with Crippen LogP contribution >= 0.6 is 0 Å². The van der Waals surface area contributed by atoms with Crippen LogP contribution in [-0.4, -0.2) is 55.4 Å². The minimum absolute atomic E-state index is 0.124. The number of carbonyl (C=O) groups is 1. The molecule has 4 aromatic rings. The van der Waals surface area contributed by atoms with Crippen molar-refractivity contribution in [3.63, 3.8) is 0 Å². The molecule has 0 saturated carbocycles. The van der Waals surface area contributed by atoms with Crippen LogP contribution < -0.4 is 10.2 Å². The minimum atomic E-state index is 0.124. The fourth-order valence-corrected chi connectivity index (χ4v) is 4.75. The molecule has 2 aromatic heterocycles. The van der Waals surface area contributed by atoms with E-state index in [1.165, 1.54) is 5.69 Å². The number of rotatable bonds is 8. The largest absolute Gasteiger partial charge is 0.455 e. The number of Topliss-reactive ketones (excluding diaryl/α,β-unsaturated/α-hetero) is 1. The van der Waals surface area contributed by atoms with Crippen molar-refractivity contribution in [2.75, 3.05) is 44.7 Å². The molecular weight excluding hydrogens is 438 g/mol. The van der Waals surface area contributed by atoms with Crippen molar-refractivity contribution in [2.45, 2.75) is 12.8 Å². The van der Waals surface area contributed by atoms with E-state index in [9.17, 15) is 4.79 Å². The van der Waals surface area contributed by atoms with Gasteiger partial charge >= 0.3 is 0 Å². The molecule has 0 bridgehead atoms. The van der Waals surface area contributed by atoms with Gasteiger partial charge in [0.15, 0.2) is 11.5 Å². The summed E-state index contributed by atoms with van der Waals surface area (Å²) in [4.78, 5) is 20.8. The van der Waals surface area contributed by atoms with Crippen LogP contribution in [0.15, 0.2) is 59.7 Å². The first-order valence-electron chi connectivity index (χ1n) is 12.0. The number of nitrogens with one attached hydrogen (secondary N) is 2. The van der Waals surface area contributed by atoms with Crippen molar-refractivity contribution in [3.05, 3.63) is 72.1 Å². The lowest BCUT2D eigenvalue weighted by Crippen LogP contribution is -2.46. The van der Waals surface area contributed by atoms with Gasteiger partial charge < -0.3 is 19.6 Å². The molecule has 5 rings (SSSR count). The van der Waals surface area contributed by atoms with Gasteiger partial charge in [0.05, 0.1) is 17.3 Å². The summed E-state index contributed by atoms with van der Waals surface area (Å²) in [6, 6.07) is 15.9. The van der Waals surface area contributed by atoms with Crippen molar-refractivity contribution in [1.82, 2.24) is 15.2 Å². The molecular formula is C28H29N5O2. The van der Waals surface area contributed by atoms with E-state index in [1.807, 2.05) is 25.2 Å². The first kappa shape index (κ1) is 22.8. The smallest absolute Gasteiger partial charge is 0.165 e. The number of aromatic nitrogens is 1. The van der Waals surface area contributed by atoms with E-state index in [1.54, 1.807) is 18.3 Å². The summed E-state index contributed by atoms with van der Waals surface area (Å²) in [6.07, 6.45) is 3.09. The number of furan rings is 1. The maximum atomic E-state index is 12.8. The van der Waals surface area contributed by atoms with Gasteiger partial charge in [0.2, 0.25) is 0 Å². The molecule has 3 heterocycles. The molecule has 7 heteroatoms. The summed E-state index contributed by atoms with van der Waals surface area (Å²) in [5.74, 6) is 0.885. The molecule has 178 valence electrons. The molecule has 1 aliphatic rings. The molecule has 7 nitrogen and oxygen atoms in total. The van der Waals surface area contributed by atoms with E-state index in [2.05, 4.69) is 44.9 Å². The highest BCUT2D eigenvalue weighted by atomic mass is 16.3.